The van der Waals surface area contributed by atoms with Gasteiger partial charge in [0.2, 0.25) is 6.54 Å². The number of carbonyl (C=O) groups is 2. The second-order valence-electron chi connectivity index (χ2n) is 7.75. The third-order valence-corrected chi connectivity index (χ3v) is 5.19. The molecule has 0 radical (unpaired) electrons. The van der Waals surface area contributed by atoms with E-state index in [1.54, 1.807) is 48.3 Å². The number of nitrogens with one attached hydrogen (secondary N) is 2. The van der Waals surface area contributed by atoms with Crippen LogP contribution in [-0.2, 0) is 22.6 Å². The highest BCUT2D eigenvalue weighted by Gasteiger charge is 2.18. The summed E-state index contributed by atoms with van der Waals surface area (Å²) in [5, 5.41) is 6.98. The Labute approximate surface area is 202 Å². The van der Waals surface area contributed by atoms with E-state index >= 15 is 0 Å². The Morgan fingerprint density at radius 3 is 2.46 bits per heavy atom. The van der Waals surface area contributed by atoms with Crippen molar-refractivity contribution in [2.24, 2.45) is 5.10 Å². The Bertz CT molecular complexity index is 1390. The molecule has 176 valence electrons. The molecule has 0 aliphatic rings. The highest BCUT2D eigenvalue weighted by Crippen LogP contribution is 2.17. The van der Waals surface area contributed by atoms with E-state index in [1.807, 2.05) is 49.4 Å². The molecule has 35 heavy (non-hydrogen) atoms. The number of benzene rings is 2. The number of methoxy groups -OCH3 is 1. The van der Waals surface area contributed by atoms with Gasteiger partial charge in [-0.05, 0) is 31.2 Å². The minimum Gasteiger partial charge on any atom is -0.497 e. The first-order chi connectivity index (χ1) is 17.0. The summed E-state index contributed by atoms with van der Waals surface area (Å²) in [5.41, 5.74) is 5.87. The average Bonchev–Trinajstić information content (AvgIpc) is 2.87. The second-order valence-corrected chi connectivity index (χ2v) is 7.75. The Kier molecular flexibility index (Phi) is 7.37. The fourth-order valence-electron chi connectivity index (χ4n) is 3.40. The fourth-order valence-corrected chi connectivity index (χ4v) is 3.40. The van der Waals surface area contributed by atoms with E-state index in [0.717, 1.165) is 5.52 Å². The predicted octanol–water partition coefficient (Wildman–Crippen LogP) is 2.59. The summed E-state index contributed by atoms with van der Waals surface area (Å²) in [6.45, 7) is 1.89. The first kappa shape index (κ1) is 23.5. The predicted molar refractivity (Wildman–Crippen MR) is 132 cm³/mol. The lowest BCUT2D eigenvalue weighted by Crippen LogP contribution is -2.41. The van der Waals surface area contributed by atoms with Gasteiger partial charge >= 0.3 is 5.91 Å². The maximum Gasteiger partial charge on any atom is 0.305 e. The van der Waals surface area contributed by atoms with Gasteiger partial charge in [0.15, 0.2) is 12.4 Å². The van der Waals surface area contributed by atoms with Crippen LogP contribution >= 0.6 is 0 Å². The molecular formula is C26H25N6O3+. The van der Waals surface area contributed by atoms with Crippen molar-refractivity contribution in [1.29, 1.82) is 0 Å². The minimum atomic E-state index is -0.472. The highest BCUT2D eigenvalue weighted by atomic mass is 16.5. The van der Waals surface area contributed by atoms with Gasteiger partial charge in [0, 0.05) is 30.3 Å². The van der Waals surface area contributed by atoms with Crippen molar-refractivity contribution in [3.05, 3.63) is 90.5 Å². The third-order valence-electron chi connectivity index (χ3n) is 5.19. The first-order valence-corrected chi connectivity index (χ1v) is 11.0. The zero-order chi connectivity index (χ0) is 24.6. The number of fused-ring (bicyclic) bond motifs is 1. The molecule has 0 atom stereocenters. The van der Waals surface area contributed by atoms with Crippen molar-refractivity contribution in [3.63, 3.8) is 0 Å². The molecule has 9 heteroatoms. The van der Waals surface area contributed by atoms with Crippen molar-refractivity contribution in [3.8, 4) is 5.75 Å². The van der Waals surface area contributed by atoms with E-state index in [-0.39, 0.29) is 24.6 Å². The molecule has 9 nitrogen and oxygen atoms in total. The number of nitrogens with zero attached hydrogens (tertiary/aromatic N) is 4. The fraction of sp³-hybridized carbons (Fsp3) is 0.154. The van der Waals surface area contributed by atoms with Crippen molar-refractivity contribution >= 4 is 34.2 Å². The summed E-state index contributed by atoms with van der Waals surface area (Å²) in [6, 6.07) is 20.0. The topological polar surface area (TPSA) is 109 Å². The van der Waals surface area contributed by atoms with Crippen molar-refractivity contribution in [1.82, 2.24) is 15.4 Å². The maximum atomic E-state index is 13.2. The van der Waals surface area contributed by atoms with Gasteiger partial charge in [-0.25, -0.2) is 15.4 Å². The Morgan fingerprint density at radius 2 is 1.71 bits per heavy atom. The van der Waals surface area contributed by atoms with Gasteiger partial charge in [-0.3, -0.25) is 9.59 Å². The van der Waals surface area contributed by atoms with Crippen LogP contribution in [-0.4, -0.2) is 34.6 Å². The van der Waals surface area contributed by atoms with Gasteiger partial charge in [0.1, 0.15) is 11.5 Å². The lowest BCUT2D eigenvalue weighted by atomic mass is 10.1. The lowest BCUT2D eigenvalue weighted by Gasteiger charge is -2.11. The molecule has 2 N–H and O–H groups in total. The largest absolute Gasteiger partial charge is 0.497 e. The van der Waals surface area contributed by atoms with Crippen molar-refractivity contribution in [2.45, 2.75) is 19.9 Å². The van der Waals surface area contributed by atoms with Crippen LogP contribution in [0, 0.1) is 6.92 Å². The molecule has 2 aromatic carbocycles. The van der Waals surface area contributed by atoms with Gasteiger partial charge in [0.05, 0.1) is 29.5 Å². The van der Waals surface area contributed by atoms with Gasteiger partial charge in [-0.2, -0.15) is 9.67 Å². The Hall–Kier alpha value is -4.66. The standard InChI is InChI=1S/C26H24N6O3/c1-18-23(29-22-12-5-4-11-21(22)27-18)16-24(26(34)28-19-9-8-10-20(15-19)35-2)30-31-25(33)17-32-13-6-3-7-14-32/h3-15H,16-17H2,1-2H3,(H-,28,31,33,34)/p+1. The molecule has 4 aromatic rings. The van der Waals surface area contributed by atoms with E-state index in [9.17, 15) is 9.59 Å². The Balaban J connectivity index is 1.59. The summed E-state index contributed by atoms with van der Waals surface area (Å²) < 4.78 is 6.93. The number of hydrogen-bond acceptors (Lipinski definition) is 6. The number of ether oxygens (including phenoxy) is 1. The Morgan fingerprint density at radius 1 is 0.971 bits per heavy atom. The molecular weight excluding hydrogens is 444 g/mol. The molecule has 0 unspecified atom stereocenters. The molecule has 0 saturated heterocycles. The van der Waals surface area contributed by atoms with Crippen LogP contribution in [0.25, 0.3) is 11.0 Å². The molecule has 0 bridgehead atoms. The van der Waals surface area contributed by atoms with Crippen LogP contribution in [0.1, 0.15) is 11.4 Å². The summed E-state index contributed by atoms with van der Waals surface area (Å²) in [4.78, 5) is 34.9. The van der Waals surface area contributed by atoms with Gasteiger partial charge in [-0.1, -0.05) is 24.3 Å². The maximum absolute atomic E-state index is 13.2. The van der Waals surface area contributed by atoms with E-state index in [2.05, 4.69) is 25.8 Å². The summed E-state index contributed by atoms with van der Waals surface area (Å²) in [7, 11) is 1.55. The molecule has 2 heterocycles. The number of aromatic nitrogens is 3. The third kappa shape index (κ3) is 6.23. The van der Waals surface area contributed by atoms with Crippen LogP contribution in [0.15, 0.2) is 84.2 Å². The number of pyridine rings is 1. The summed E-state index contributed by atoms with van der Waals surface area (Å²) in [6.07, 6.45) is 3.62. The minimum absolute atomic E-state index is 0.0595. The molecule has 0 aliphatic carbocycles. The van der Waals surface area contributed by atoms with Crippen molar-refractivity contribution in [2.75, 3.05) is 12.4 Å². The number of hydrazone groups is 1. The average molecular weight is 470 g/mol. The number of anilines is 1. The summed E-state index contributed by atoms with van der Waals surface area (Å²) >= 11 is 0. The van der Waals surface area contributed by atoms with Gasteiger partial charge in [-0.15, -0.1) is 0 Å². The SMILES string of the molecule is COc1cccc(NC(=O)C(Cc2nc3ccccc3nc2C)=NNC(=O)C[n+]2ccccc2)c1. The highest BCUT2D eigenvalue weighted by molar-refractivity contribution is 6.43. The zero-order valence-electron chi connectivity index (χ0n) is 19.4. The second kappa shape index (κ2) is 11.0. The number of amides is 2. The van der Waals surface area contributed by atoms with E-state index in [1.165, 1.54) is 0 Å². The number of carbonyl (C=O) groups excluding carboxylic acids is 2. The van der Waals surface area contributed by atoms with Crippen LogP contribution in [0.3, 0.4) is 0 Å². The van der Waals surface area contributed by atoms with E-state index in [4.69, 9.17) is 4.74 Å². The molecule has 0 spiro atoms. The molecule has 2 aromatic heterocycles. The first-order valence-electron chi connectivity index (χ1n) is 11.0. The monoisotopic (exact) mass is 469 g/mol. The normalized spacial score (nSPS) is 11.2. The lowest BCUT2D eigenvalue weighted by molar-refractivity contribution is -0.684. The molecule has 0 aliphatic heterocycles. The summed E-state index contributed by atoms with van der Waals surface area (Å²) in [5.74, 6) is -0.236. The molecule has 0 fully saturated rings. The quantitative estimate of drug-likeness (QED) is 0.234. The number of hydrogen-bond donors (Lipinski definition) is 2. The van der Waals surface area contributed by atoms with Gasteiger partial charge < -0.3 is 10.1 Å². The number of aryl methyl sites for hydroxylation is 1. The van der Waals surface area contributed by atoms with Crippen LogP contribution in [0.4, 0.5) is 5.69 Å². The molecule has 4 rings (SSSR count). The molecule has 2 amide bonds. The number of rotatable bonds is 8. The van der Waals surface area contributed by atoms with Crippen LogP contribution in [0.2, 0.25) is 0 Å². The smallest absolute Gasteiger partial charge is 0.305 e. The van der Waals surface area contributed by atoms with E-state index < -0.39 is 5.91 Å². The van der Waals surface area contributed by atoms with Crippen molar-refractivity contribution < 1.29 is 18.9 Å². The molecule has 0 saturated carbocycles. The number of para-hydroxylation sites is 2. The zero-order valence-corrected chi connectivity index (χ0v) is 19.4. The van der Waals surface area contributed by atoms with Crippen LogP contribution < -0.4 is 20.0 Å². The van der Waals surface area contributed by atoms with Crippen LogP contribution in [0.5, 0.6) is 5.75 Å². The van der Waals surface area contributed by atoms with E-state index in [0.29, 0.717) is 28.3 Å². The van der Waals surface area contributed by atoms with Gasteiger partial charge in [0.25, 0.3) is 5.91 Å².